The van der Waals surface area contributed by atoms with Crippen LogP contribution in [0.25, 0.3) is 0 Å². The Labute approximate surface area is 119 Å². The van der Waals surface area contributed by atoms with E-state index in [2.05, 4.69) is 44.2 Å². The van der Waals surface area contributed by atoms with Crippen molar-refractivity contribution in [3.63, 3.8) is 0 Å². The predicted octanol–water partition coefficient (Wildman–Crippen LogP) is 1.67. The number of hydrogen-bond acceptors (Lipinski definition) is 3. The van der Waals surface area contributed by atoms with E-state index in [0.29, 0.717) is 25.2 Å². The molecule has 0 heterocycles. The molecule has 0 spiro atoms. The Kier molecular flexibility index (Phi) is 8.81. The number of nitrogens with one attached hydrogen (secondary N) is 1. The van der Waals surface area contributed by atoms with Gasteiger partial charge in [-0.05, 0) is 34.1 Å². The van der Waals surface area contributed by atoms with Gasteiger partial charge in [-0.3, -0.25) is 4.90 Å². The van der Waals surface area contributed by atoms with Crippen molar-refractivity contribution < 1.29 is 8.42 Å². The molecule has 116 valence electrons. The monoisotopic (exact) mass is 293 g/mol. The fourth-order valence-electron chi connectivity index (χ4n) is 2.03. The summed E-state index contributed by atoms with van der Waals surface area (Å²) in [6.07, 6.45) is 1.88. The Morgan fingerprint density at radius 1 is 1.05 bits per heavy atom. The van der Waals surface area contributed by atoms with Crippen LogP contribution >= 0.6 is 0 Å². The molecule has 0 aliphatic rings. The summed E-state index contributed by atoms with van der Waals surface area (Å²) in [6.45, 7) is 12.3. The second-order valence-corrected chi connectivity index (χ2v) is 7.36. The van der Waals surface area contributed by atoms with Crippen LogP contribution < -0.4 is 4.72 Å². The number of nitrogens with zero attached hydrogens (tertiary/aromatic N) is 2. The molecule has 0 saturated heterocycles. The fraction of sp³-hybridized carbons (Fsp3) is 1.00. The van der Waals surface area contributed by atoms with Crippen LogP contribution in [0, 0.1) is 0 Å². The van der Waals surface area contributed by atoms with Gasteiger partial charge >= 0.3 is 0 Å². The molecule has 0 bridgehead atoms. The van der Waals surface area contributed by atoms with Crippen LogP contribution in [0.3, 0.4) is 0 Å². The summed E-state index contributed by atoms with van der Waals surface area (Å²) in [5.41, 5.74) is 0. The first-order valence-corrected chi connectivity index (χ1v) is 8.63. The first-order valence-electron chi connectivity index (χ1n) is 7.19. The second kappa shape index (κ2) is 8.89. The van der Waals surface area contributed by atoms with Crippen molar-refractivity contribution >= 4 is 10.2 Å². The topological polar surface area (TPSA) is 52.7 Å². The second-order valence-electron chi connectivity index (χ2n) is 5.50. The summed E-state index contributed by atoms with van der Waals surface area (Å²) in [6, 6.07) is 0.838. The molecule has 0 rings (SSSR count). The van der Waals surface area contributed by atoms with Crippen LogP contribution in [0.15, 0.2) is 0 Å². The lowest BCUT2D eigenvalue weighted by Gasteiger charge is -2.30. The standard InChI is InChI=1S/C13H31N3O2S/c1-7-8-10-15(6)19(17,18)14-9-11-16(12(2)3)13(4)5/h12-14H,7-11H2,1-6H3. The highest BCUT2D eigenvalue weighted by atomic mass is 32.2. The minimum atomic E-state index is -3.32. The Bertz CT molecular complexity index is 321. The molecule has 0 aromatic carbocycles. The van der Waals surface area contributed by atoms with E-state index in [1.807, 2.05) is 0 Å². The maximum Gasteiger partial charge on any atom is 0.279 e. The van der Waals surface area contributed by atoms with Gasteiger partial charge < -0.3 is 0 Å². The van der Waals surface area contributed by atoms with Crippen molar-refractivity contribution in [3.05, 3.63) is 0 Å². The van der Waals surface area contributed by atoms with Crippen LogP contribution in [0.2, 0.25) is 0 Å². The highest BCUT2D eigenvalue weighted by Gasteiger charge is 2.18. The van der Waals surface area contributed by atoms with E-state index >= 15 is 0 Å². The minimum Gasteiger partial charge on any atom is -0.297 e. The highest BCUT2D eigenvalue weighted by molar-refractivity contribution is 7.87. The predicted molar refractivity (Wildman–Crippen MR) is 81.4 cm³/mol. The fourth-order valence-corrected chi connectivity index (χ4v) is 2.97. The van der Waals surface area contributed by atoms with Gasteiger partial charge in [0.05, 0.1) is 0 Å². The molecule has 0 fully saturated rings. The molecule has 0 aliphatic heterocycles. The summed E-state index contributed by atoms with van der Waals surface area (Å²) in [7, 11) is -1.70. The third-order valence-corrected chi connectivity index (χ3v) is 4.79. The van der Waals surface area contributed by atoms with E-state index in [0.717, 1.165) is 19.4 Å². The van der Waals surface area contributed by atoms with Gasteiger partial charge in [0.1, 0.15) is 0 Å². The maximum atomic E-state index is 12.0. The summed E-state index contributed by atoms with van der Waals surface area (Å²) >= 11 is 0. The smallest absolute Gasteiger partial charge is 0.279 e. The third kappa shape index (κ3) is 7.25. The molecule has 0 atom stereocenters. The Morgan fingerprint density at radius 2 is 1.58 bits per heavy atom. The average molecular weight is 293 g/mol. The molecule has 1 N–H and O–H groups in total. The van der Waals surface area contributed by atoms with Crippen molar-refractivity contribution in [2.24, 2.45) is 0 Å². The number of unbranched alkanes of at least 4 members (excludes halogenated alkanes) is 1. The summed E-state index contributed by atoms with van der Waals surface area (Å²) in [5.74, 6) is 0. The van der Waals surface area contributed by atoms with E-state index < -0.39 is 10.2 Å². The maximum absolute atomic E-state index is 12.0. The summed E-state index contributed by atoms with van der Waals surface area (Å²) in [4.78, 5) is 2.27. The van der Waals surface area contributed by atoms with Gasteiger partial charge in [-0.15, -0.1) is 0 Å². The molecule has 5 nitrogen and oxygen atoms in total. The van der Waals surface area contributed by atoms with Crippen LogP contribution in [0.4, 0.5) is 0 Å². The van der Waals surface area contributed by atoms with Gasteiger partial charge in [0.15, 0.2) is 0 Å². The largest absolute Gasteiger partial charge is 0.297 e. The Morgan fingerprint density at radius 3 is 2.00 bits per heavy atom. The van der Waals surface area contributed by atoms with Gasteiger partial charge in [0, 0.05) is 38.8 Å². The van der Waals surface area contributed by atoms with Crippen molar-refractivity contribution in [3.8, 4) is 0 Å². The lowest BCUT2D eigenvalue weighted by atomic mass is 10.2. The zero-order valence-corrected chi connectivity index (χ0v) is 14.1. The highest BCUT2D eigenvalue weighted by Crippen LogP contribution is 2.04. The normalized spacial score (nSPS) is 13.2. The molecular weight excluding hydrogens is 262 g/mol. The molecular formula is C13H31N3O2S. The Hall–Kier alpha value is -0.170. The van der Waals surface area contributed by atoms with Crippen molar-refractivity contribution in [1.29, 1.82) is 0 Å². The van der Waals surface area contributed by atoms with Gasteiger partial charge in [-0.1, -0.05) is 13.3 Å². The zero-order chi connectivity index (χ0) is 15.1. The lowest BCUT2D eigenvalue weighted by Crippen LogP contribution is -2.45. The third-order valence-electron chi connectivity index (χ3n) is 3.22. The molecule has 0 aliphatic carbocycles. The SMILES string of the molecule is CCCCN(C)S(=O)(=O)NCCN(C(C)C)C(C)C. The summed E-state index contributed by atoms with van der Waals surface area (Å²) in [5, 5.41) is 0. The van der Waals surface area contributed by atoms with E-state index in [9.17, 15) is 8.42 Å². The molecule has 0 aromatic rings. The summed E-state index contributed by atoms with van der Waals surface area (Å²) < 4.78 is 28.0. The molecule has 19 heavy (non-hydrogen) atoms. The first-order chi connectivity index (χ1) is 8.72. The molecule has 6 heteroatoms. The minimum absolute atomic E-state index is 0.419. The van der Waals surface area contributed by atoms with E-state index in [-0.39, 0.29) is 0 Å². The van der Waals surface area contributed by atoms with Crippen molar-refractivity contribution in [2.75, 3.05) is 26.7 Å². The van der Waals surface area contributed by atoms with Crippen LogP contribution in [-0.4, -0.2) is 56.4 Å². The average Bonchev–Trinajstić information content (AvgIpc) is 2.30. The Balaban J connectivity index is 4.24. The van der Waals surface area contributed by atoms with Crippen LogP contribution in [0.5, 0.6) is 0 Å². The van der Waals surface area contributed by atoms with Gasteiger partial charge in [0.25, 0.3) is 10.2 Å². The quantitative estimate of drug-likeness (QED) is 0.666. The van der Waals surface area contributed by atoms with Crippen molar-refractivity contribution in [1.82, 2.24) is 13.9 Å². The molecule has 0 radical (unpaired) electrons. The van der Waals surface area contributed by atoms with Gasteiger partial charge in [0.2, 0.25) is 0 Å². The number of hydrogen-bond donors (Lipinski definition) is 1. The van der Waals surface area contributed by atoms with Crippen LogP contribution in [0.1, 0.15) is 47.5 Å². The number of rotatable bonds is 10. The molecule has 0 amide bonds. The van der Waals surface area contributed by atoms with E-state index in [4.69, 9.17) is 0 Å². The van der Waals surface area contributed by atoms with E-state index in [1.54, 1.807) is 7.05 Å². The van der Waals surface area contributed by atoms with Crippen LogP contribution in [-0.2, 0) is 10.2 Å². The molecule has 0 saturated carbocycles. The van der Waals surface area contributed by atoms with E-state index in [1.165, 1.54) is 4.31 Å². The molecule has 0 unspecified atom stereocenters. The van der Waals surface area contributed by atoms with Crippen molar-refractivity contribution in [2.45, 2.75) is 59.5 Å². The first kappa shape index (κ1) is 18.8. The van der Waals surface area contributed by atoms with Gasteiger partial charge in [-0.25, -0.2) is 4.72 Å². The molecule has 0 aromatic heterocycles. The lowest BCUT2D eigenvalue weighted by molar-refractivity contribution is 0.178. The zero-order valence-electron chi connectivity index (χ0n) is 13.3. The van der Waals surface area contributed by atoms with Gasteiger partial charge in [-0.2, -0.15) is 12.7 Å².